The molecule has 11 atom stereocenters. The van der Waals surface area contributed by atoms with Crippen molar-refractivity contribution in [3.05, 3.63) is 59.7 Å². The molecule has 5 aliphatic rings. The molecule has 10 nitrogen and oxygen atoms in total. The Morgan fingerprint density at radius 1 is 1.06 bits per heavy atom. The zero-order valence-electron chi connectivity index (χ0n) is 31.6. The topological polar surface area (TPSA) is 130 Å². The molecule has 1 aromatic rings. The number of esters is 2. The van der Waals surface area contributed by atoms with E-state index in [4.69, 9.17) is 28.1 Å². The lowest BCUT2D eigenvalue weighted by Crippen LogP contribution is -2.82. The van der Waals surface area contributed by atoms with E-state index in [9.17, 15) is 19.8 Å². The zero-order chi connectivity index (χ0) is 37.1. The van der Waals surface area contributed by atoms with Crippen molar-refractivity contribution in [1.82, 2.24) is 0 Å². The van der Waals surface area contributed by atoms with Crippen LogP contribution in [0.2, 0.25) is 18.1 Å². The second-order valence-electron chi connectivity index (χ2n) is 16.2. The van der Waals surface area contributed by atoms with Gasteiger partial charge in [0.15, 0.2) is 20.2 Å². The fourth-order valence-electron chi connectivity index (χ4n) is 10.3. The highest BCUT2D eigenvalue weighted by Gasteiger charge is 2.79. The van der Waals surface area contributed by atoms with Crippen LogP contribution >= 0.6 is 0 Å². The first-order valence-corrected chi connectivity index (χ1v) is 21.5. The predicted molar refractivity (Wildman–Crippen MR) is 193 cm³/mol. The van der Waals surface area contributed by atoms with Crippen LogP contribution in [0.3, 0.4) is 0 Å². The summed E-state index contributed by atoms with van der Waals surface area (Å²) < 4.78 is 40.8. The van der Waals surface area contributed by atoms with Gasteiger partial charge in [-0.3, -0.25) is 4.79 Å². The van der Waals surface area contributed by atoms with E-state index in [0.717, 1.165) is 18.1 Å². The minimum absolute atomic E-state index is 0.0430. The number of aliphatic hydroxyl groups excluding tert-OH is 1. The molecule has 2 heterocycles. The van der Waals surface area contributed by atoms with E-state index < -0.39 is 91.1 Å². The van der Waals surface area contributed by atoms with E-state index in [1.165, 1.54) is 0 Å². The van der Waals surface area contributed by atoms with Crippen molar-refractivity contribution in [3.63, 3.8) is 0 Å². The number of benzene rings is 1. The Morgan fingerprint density at radius 3 is 2.29 bits per heavy atom. The minimum Gasteiger partial charge on any atom is -0.455 e. The third-order valence-corrected chi connectivity index (χ3v) is 18.2. The molecule has 0 amide bonds. The molecule has 0 aromatic heterocycles. The summed E-state index contributed by atoms with van der Waals surface area (Å²) in [5.74, 6) is -1.92. The Balaban J connectivity index is 1.68. The molecule has 0 radical (unpaired) electrons. The van der Waals surface area contributed by atoms with E-state index in [2.05, 4.69) is 34.3 Å². The molecule has 2 saturated carbocycles. The normalized spacial score (nSPS) is 39.7. The van der Waals surface area contributed by atoms with Gasteiger partial charge in [-0.25, -0.2) is 4.79 Å². The van der Waals surface area contributed by atoms with E-state index in [1.807, 2.05) is 33.8 Å². The number of carbonyl (C=O) groups is 2. The Hall–Kier alpha value is -2.38. The molecule has 11 heteroatoms. The van der Waals surface area contributed by atoms with Crippen LogP contribution in [0, 0.1) is 16.7 Å². The van der Waals surface area contributed by atoms with Crippen molar-refractivity contribution < 1.29 is 47.9 Å². The van der Waals surface area contributed by atoms with E-state index >= 15 is 0 Å². The molecule has 51 heavy (non-hydrogen) atoms. The van der Waals surface area contributed by atoms with E-state index in [-0.39, 0.29) is 19.4 Å². The van der Waals surface area contributed by atoms with Crippen molar-refractivity contribution in [2.45, 2.75) is 153 Å². The van der Waals surface area contributed by atoms with Gasteiger partial charge in [0.25, 0.3) is 0 Å². The van der Waals surface area contributed by atoms with Gasteiger partial charge in [0.2, 0.25) is 0 Å². The number of ether oxygens (including phenoxy) is 5. The average molecular weight is 727 g/mol. The van der Waals surface area contributed by atoms with Crippen molar-refractivity contribution >= 4 is 20.3 Å². The summed E-state index contributed by atoms with van der Waals surface area (Å²) >= 11 is 0. The Labute approximate surface area is 304 Å². The number of carbonyl (C=O) groups excluding carboxylic acids is 2. The molecular weight excluding hydrogens is 669 g/mol. The largest absolute Gasteiger partial charge is 0.455 e. The molecule has 3 aliphatic carbocycles. The summed E-state index contributed by atoms with van der Waals surface area (Å²) in [6.07, 6.45) is -3.06. The van der Waals surface area contributed by atoms with Gasteiger partial charge in [0.05, 0.1) is 36.4 Å². The van der Waals surface area contributed by atoms with Gasteiger partial charge in [0.1, 0.15) is 23.9 Å². The first-order valence-electron chi connectivity index (χ1n) is 18.9. The number of fused-ring (bicyclic) bond motifs is 8. The van der Waals surface area contributed by atoms with Crippen LogP contribution < -0.4 is 0 Å². The molecule has 2 N–H and O–H groups in total. The van der Waals surface area contributed by atoms with Gasteiger partial charge in [-0.2, -0.15) is 0 Å². The summed E-state index contributed by atoms with van der Waals surface area (Å²) in [6.45, 7) is 20.3. The highest BCUT2D eigenvalue weighted by molar-refractivity contribution is 6.73. The van der Waals surface area contributed by atoms with Gasteiger partial charge in [-0.1, -0.05) is 73.2 Å². The Bertz CT molecular complexity index is 1520. The second-order valence-corrected chi connectivity index (χ2v) is 20.9. The fraction of sp³-hybridized carbons (Fsp3) is 0.700. The first-order chi connectivity index (χ1) is 24.1. The highest BCUT2D eigenvalue weighted by Crippen LogP contribution is 2.67. The van der Waals surface area contributed by atoms with Gasteiger partial charge >= 0.3 is 11.9 Å². The van der Waals surface area contributed by atoms with Crippen LogP contribution in [0.4, 0.5) is 0 Å². The van der Waals surface area contributed by atoms with Crippen LogP contribution in [0.25, 0.3) is 0 Å². The molecule has 2 aliphatic heterocycles. The monoisotopic (exact) mass is 726 g/mol. The number of rotatable bonds is 11. The smallest absolute Gasteiger partial charge is 0.338 e. The maximum atomic E-state index is 14.3. The maximum Gasteiger partial charge on any atom is 0.338 e. The van der Waals surface area contributed by atoms with Crippen molar-refractivity contribution in [3.8, 4) is 0 Å². The molecule has 10 unspecified atom stereocenters. The van der Waals surface area contributed by atoms with E-state index in [0.29, 0.717) is 29.6 Å². The summed E-state index contributed by atoms with van der Waals surface area (Å²) in [4.78, 5) is 28.0. The molecule has 282 valence electrons. The molecular formula is C40H58O10Si. The zero-order valence-corrected chi connectivity index (χ0v) is 32.6. The average Bonchev–Trinajstić information content (AvgIpc) is 3.53. The minimum atomic E-state index is -2.33. The van der Waals surface area contributed by atoms with Crippen LogP contribution in [-0.4, -0.2) is 91.2 Å². The maximum absolute atomic E-state index is 14.3. The van der Waals surface area contributed by atoms with Crippen LogP contribution in [0.5, 0.6) is 0 Å². The van der Waals surface area contributed by atoms with Gasteiger partial charge in [0, 0.05) is 30.1 Å². The standard InChI is InChI=1S/C40H58O10Si/c1-10-18-29(42)49-39-23-45-28(39)21-27(50-51(12-3,13-4)14-5)38(9)33(39)35(48-36(43)25-19-16-15-17-20-25)40(44)22-26(41)24(6)31(37(40,7)8)32-34(38)47-30(11-2)46-32/h11,15-17,19-20,26-28,30,32-35,41,44H,2,10,12-14,18,21-23H2,1,3-9H3/t26?,27?,28?,30?,32?,33?,34?,35?,38-,39?,40?/m1/s1. The number of hydrogen-bond acceptors (Lipinski definition) is 10. The predicted octanol–water partition coefficient (Wildman–Crippen LogP) is 6.26. The SMILES string of the molecule is C=CC1OC2C3=C(C)C(O)CC(O)(C(OC(=O)c4ccccc4)C4C5(OC(=O)CCC)COC5CC(O[Si](CC)(CC)CC)[C@@]4(C)C2O1)C3(C)C. The molecule has 0 spiro atoms. The third kappa shape index (κ3) is 5.72. The number of aliphatic hydroxyl groups is 2. The lowest BCUT2D eigenvalue weighted by Gasteiger charge is -2.69. The molecule has 2 bridgehead atoms. The van der Waals surface area contributed by atoms with Crippen LogP contribution in [-0.2, 0) is 32.9 Å². The summed E-state index contributed by atoms with van der Waals surface area (Å²) in [7, 11) is -2.33. The van der Waals surface area contributed by atoms with Crippen molar-refractivity contribution in [2.75, 3.05) is 6.61 Å². The summed E-state index contributed by atoms with van der Waals surface area (Å²) in [5, 5.41) is 25.3. The second kappa shape index (κ2) is 13.8. The highest BCUT2D eigenvalue weighted by atomic mass is 28.4. The van der Waals surface area contributed by atoms with Gasteiger partial charge in [-0.05, 0) is 60.8 Å². The molecule has 6 rings (SSSR count). The molecule has 4 fully saturated rings. The summed E-state index contributed by atoms with van der Waals surface area (Å²) in [6, 6.07) is 11.3. The Morgan fingerprint density at radius 2 is 1.73 bits per heavy atom. The molecule has 2 saturated heterocycles. The lowest BCUT2D eigenvalue weighted by molar-refractivity contribution is -0.360. The van der Waals surface area contributed by atoms with Crippen LogP contribution in [0.1, 0.15) is 91.4 Å². The van der Waals surface area contributed by atoms with Crippen LogP contribution in [0.15, 0.2) is 54.1 Å². The molecule has 1 aromatic carbocycles. The van der Waals surface area contributed by atoms with Gasteiger partial charge in [-0.15, -0.1) is 0 Å². The lowest BCUT2D eigenvalue weighted by atomic mass is 9.44. The quantitative estimate of drug-likeness (QED) is 0.153. The summed E-state index contributed by atoms with van der Waals surface area (Å²) in [5.41, 5.74) is -3.66. The first kappa shape index (κ1) is 38.3. The van der Waals surface area contributed by atoms with Crippen molar-refractivity contribution in [1.29, 1.82) is 0 Å². The van der Waals surface area contributed by atoms with Crippen molar-refractivity contribution in [2.24, 2.45) is 16.7 Å². The Kier molecular flexibility index (Phi) is 10.4. The third-order valence-electron chi connectivity index (χ3n) is 13.6. The van der Waals surface area contributed by atoms with E-state index in [1.54, 1.807) is 30.3 Å². The van der Waals surface area contributed by atoms with Gasteiger partial charge < -0.3 is 38.3 Å². The number of hydrogen-bond donors (Lipinski definition) is 2. The fourth-order valence-corrected chi connectivity index (χ4v) is 13.2.